The number of aliphatic imine (C=N–C) groups is 1. The Hall–Kier alpha value is -3.85. The third kappa shape index (κ3) is 4.23. The van der Waals surface area contributed by atoms with Crippen LogP contribution in [0.1, 0.15) is 52.5 Å². The van der Waals surface area contributed by atoms with Crippen LogP contribution in [0.15, 0.2) is 102 Å². The van der Waals surface area contributed by atoms with Gasteiger partial charge in [0, 0.05) is 36.8 Å². The summed E-state index contributed by atoms with van der Waals surface area (Å²) in [7, 11) is 1.69. The van der Waals surface area contributed by atoms with Gasteiger partial charge < -0.3 is 9.64 Å². The zero-order valence-electron chi connectivity index (χ0n) is 20.1. The molecule has 3 heteroatoms. The summed E-state index contributed by atoms with van der Waals surface area (Å²) < 4.78 is 5.30. The molecular formula is C32H30N2O. The van der Waals surface area contributed by atoms with Crippen LogP contribution < -0.4 is 9.64 Å². The first-order valence-electron chi connectivity index (χ1n) is 12.5. The molecule has 4 aromatic carbocycles. The second-order valence-electron chi connectivity index (χ2n) is 9.50. The van der Waals surface area contributed by atoms with Crippen LogP contribution >= 0.6 is 0 Å². The van der Waals surface area contributed by atoms with Gasteiger partial charge in [0.2, 0.25) is 0 Å². The molecule has 2 heterocycles. The number of benzene rings is 4. The molecule has 0 aromatic heterocycles. The van der Waals surface area contributed by atoms with E-state index in [1.807, 2.05) is 30.5 Å². The Morgan fingerprint density at radius 2 is 1.29 bits per heavy atom. The molecule has 6 rings (SSSR count). The highest BCUT2D eigenvalue weighted by Crippen LogP contribution is 2.49. The fourth-order valence-electron chi connectivity index (χ4n) is 5.75. The van der Waals surface area contributed by atoms with Crippen molar-refractivity contribution in [3.8, 4) is 5.75 Å². The van der Waals surface area contributed by atoms with Crippen molar-refractivity contribution < 1.29 is 4.74 Å². The van der Waals surface area contributed by atoms with Crippen molar-refractivity contribution >= 4 is 17.6 Å². The number of hydrogen-bond donors (Lipinski definition) is 0. The van der Waals surface area contributed by atoms with Crippen molar-refractivity contribution in [1.29, 1.82) is 0 Å². The molecule has 35 heavy (non-hydrogen) atoms. The van der Waals surface area contributed by atoms with Gasteiger partial charge in [0.25, 0.3) is 0 Å². The van der Waals surface area contributed by atoms with E-state index in [1.54, 1.807) is 7.11 Å². The summed E-state index contributed by atoms with van der Waals surface area (Å²) in [6.07, 6.45) is 4.24. The highest BCUT2D eigenvalue weighted by molar-refractivity contribution is 5.83. The molecule has 0 radical (unpaired) electrons. The molecule has 2 atom stereocenters. The Bertz CT molecular complexity index is 1260. The molecule has 0 amide bonds. The molecule has 0 saturated carbocycles. The molecule has 0 aliphatic carbocycles. The Balaban J connectivity index is 1.47. The molecule has 0 N–H and O–H groups in total. The molecule has 0 bridgehead atoms. The first kappa shape index (κ1) is 21.7. The standard InChI is InChI=1S/C32H30N2O/c1-35-27-14-12-23(13-15-27)22-33-26-20-30-28(24-8-4-2-5-9-24)16-18-34-19-17-29(31(21-26)32(30)34)25-10-6-3-7-11-25/h2-15,20-22,28-29H,16-19H2,1H3/t28-,29-/m1/s1. The average Bonchev–Trinajstić information content (AvgIpc) is 2.93. The molecule has 2 aliphatic rings. The Labute approximate surface area is 207 Å². The van der Waals surface area contributed by atoms with E-state index in [0.29, 0.717) is 11.8 Å². The van der Waals surface area contributed by atoms with E-state index in [9.17, 15) is 0 Å². The molecule has 2 aliphatic heterocycles. The summed E-state index contributed by atoms with van der Waals surface area (Å²) in [5.41, 5.74) is 9.16. The zero-order chi connectivity index (χ0) is 23.6. The van der Waals surface area contributed by atoms with Gasteiger partial charge in [-0.15, -0.1) is 0 Å². The normalized spacial score (nSPS) is 18.9. The lowest BCUT2D eigenvalue weighted by Gasteiger charge is -2.43. The Kier molecular flexibility index (Phi) is 5.83. The smallest absolute Gasteiger partial charge is 0.118 e. The molecule has 4 aromatic rings. The number of nitrogens with zero attached hydrogens (tertiary/aromatic N) is 2. The van der Waals surface area contributed by atoms with Crippen molar-refractivity contribution in [3.05, 3.63) is 125 Å². The van der Waals surface area contributed by atoms with Crippen LogP contribution in [0.2, 0.25) is 0 Å². The van der Waals surface area contributed by atoms with Gasteiger partial charge >= 0.3 is 0 Å². The number of anilines is 1. The average molecular weight is 459 g/mol. The van der Waals surface area contributed by atoms with E-state index in [1.165, 1.54) is 27.9 Å². The quantitative estimate of drug-likeness (QED) is 0.293. The summed E-state index contributed by atoms with van der Waals surface area (Å²) in [5, 5.41) is 0. The largest absolute Gasteiger partial charge is 0.497 e. The van der Waals surface area contributed by atoms with Gasteiger partial charge in [-0.2, -0.15) is 0 Å². The fourth-order valence-corrected chi connectivity index (χ4v) is 5.75. The number of rotatable bonds is 5. The van der Waals surface area contributed by atoms with Gasteiger partial charge in [0.05, 0.1) is 12.8 Å². The second-order valence-corrected chi connectivity index (χ2v) is 9.50. The number of hydrogen-bond acceptors (Lipinski definition) is 3. The SMILES string of the molecule is COc1ccc(C=Nc2cc3c4c(c2)[C@@H](c2ccccc2)CCN4CC[C@@H]3c2ccccc2)cc1. The fraction of sp³-hybridized carbons (Fsp3) is 0.219. The first-order chi connectivity index (χ1) is 17.3. The van der Waals surface area contributed by atoms with Crippen molar-refractivity contribution in [1.82, 2.24) is 0 Å². The lowest BCUT2D eigenvalue weighted by molar-refractivity contribution is 0.415. The Morgan fingerprint density at radius 3 is 1.80 bits per heavy atom. The highest BCUT2D eigenvalue weighted by atomic mass is 16.5. The summed E-state index contributed by atoms with van der Waals surface area (Å²) in [4.78, 5) is 7.58. The van der Waals surface area contributed by atoms with Crippen molar-refractivity contribution in [2.24, 2.45) is 4.99 Å². The van der Waals surface area contributed by atoms with Gasteiger partial charge in [0.15, 0.2) is 0 Å². The first-order valence-corrected chi connectivity index (χ1v) is 12.5. The topological polar surface area (TPSA) is 24.8 Å². The third-order valence-electron chi connectivity index (χ3n) is 7.48. The maximum absolute atomic E-state index is 5.30. The number of ether oxygens (including phenoxy) is 1. The van der Waals surface area contributed by atoms with E-state index < -0.39 is 0 Å². The van der Waals surface area contributed by atoms with Gasteiger partial charge in [-0.3, -0.25) is 4.99 Å². The summed E-state index contributed by atoms with van der Waals surface area (Å²) in [6.45, 7) is 2.21. The van der Waals surface area contributed by atoms with Gasteiger partial charge in [-0.05, 0) is 77.1 Å². The summed E-state index contributed by atoms with van der Waals surface area (Å²) >= 11 is 0. The lowest BCUT2D eigenvalue weighted by atomic mass is 9.76. The maximum atomic E-state index is 5.30. The highest BCUT2D eigenvalue weighted by Gasteiger charge is 2.34. The second kappa shape index (κ2) is 9.42. The van der Waals surface area contributed by atoms with Crippen molar-refractivity contribution in [3.63, 3.8) is 0 Å². The molecule has 0 spiro atoms. The van der Waals surface area contributed by atoms with Gasteiger partial charge in [0.1, 0.15) is 5.75 Å². The monoisotopic (exact) mass is 458 g/mol. The van der Waals surface area contributed by atoms with Crippen LogP contribution in [-0.4, -0.2) is 26.4 Å². The minimum absolute atomic E-state index is 0.395. The Morgan fingerprint density at radius 1 is 0.743 bits per heavy atom. The lowest BCUT2D eigenvalue weighted by Crippen LogP contribution is -2.37. The van der Waals surface area contributed by atoms with Crippen molar-refractivity contribution in [2.45, 2.75) is 24.7 Å². The van der Waals surface area contributed by atoms with E-state index >= 15 is 0 Å². The van der Waals surface area contributed by atoms with E-state index in [2.05, 4.69) is 77.7 Å². The van der Waals surface area contributed by atoms with Crippen LogP contribution in [0.5, 0.6) is 5.75 Å². The minimum Gasteiger partial charge on any atom is -0.497 e. The molecule has 0 fully saturated rings. The van der Waals surface area contributed by atoms with E-state index in [4.69, 9.17) is 9.73 Å². The van der Waals surface area contributed by atoms with Crippen LogP contribution in [-0.2, 0) is 0 Å². The van der Waals surface area contributed by atoms with Crippen LogP contribution in [0.3, 0.4) is 0 Å². The maximum Gasteiger partial charge on any atom is 0.118 e. The molecule has 0 saturated heterocycles. The summed E-state index contributed by atoms with van der Waals surface area (Å²) in [5.74, 6) is 1.65. The minimum atomic E-state index is 0.395. The summed E-state index contributed by atoms with van der Waals surface area (Å²) in [6, 6.07) is 34.7. The molecule has 0 unspecified atom stereocenters. The van der Waals surface area contributed by atoms with Gasteiger partial charge in [-0.1, -0.05) is 60.7 Å². The molecular weight excluding hydrogens is 428 g/mol. The number of methoxy groups -OCH3 is 1. The van der Waals surface area contributed by atoms with Crippen molar-refractivity contribution in [2.75, 3.05) is 25.1 Å². The molecule has 3 nitrogen and oxygen atoms in total. The van der Waals surface area contributed by atoms with E-state index in [0.717, 1.165) is 42.9 Å². The molecule has 174 valence electrons. The zero-order valence-corrected chi connectivity index (χ0v) is 20.1. The van der Waals surface area contributed by atoms with Crippen LogP contribution in [0.25, 0.3) is 0 Å². The third-order valence-corrected chi connectivity index (χ3v) is 7.48. The predicted octanol–water partition coefficient (Wildman–Crippen LogP) is 7.32. The van der Waals surface area contributed by atoms with Gasteiger partial charge in [-0.25, -0.2) is 0 Å². The van der Waals surface area contributed by atoms with Crippen LogP contribution in [0, 0.1) is 0 Å². The predicted molar refractivity (Wildman–Crippen MR) is 145 cm³/mol. The van der Waals surface area contributed by atoms with Crippen LogP contribution in [0.4, 0.5) is 11.4 Å². The van der Waals surface area contributed by atoms with E-state index in [-0.39, 0.29) is 0 Å².